The summed E-state index contributed by atoms with van der Waals surface area (Å²) in [6.07, 6.45) is 37.7. The minimum Gasteiger partial charge on any atom is -0.0568 e. The van der Waals surface area contributed by atoms with Crippen molar-refractivity contribution in [2.75, 3.05) is 0 Å². The molecule has 1 heteroatoms. The Morgan fingerprint density at radius 1 is 0.303 bits per heavy atom. The molecular formula is C32H60Si. The summed E-state index contributed by atoms with van der Waals surface area (Å²) in [7, 11) is -1.13. The molecular weight excluding hydrogens is 412 g/mol. The van der Waals surface area contributed by atoms with E-state index in [4.69, 9.17) is 0 Å². The molecule has 4 aliphatic carbocycles. The van der Waals surface area contributed by atoms with E-state index >= 15 is 0 Å². The highest BCUT2D eigenvalue weighted by Gasteiger charge is 2.35. The van der Waals surface area contributed by atoms with Gasteiger partial charge in [-0.15, -0.1) is 0 Å². The molecule has 0 N–H and O–H groups in total. The predicted molar refractivity (Wildman–Crippen MR) is 150 cm³/mol. The molecule has 0 spiro atoms. The predicted octanol–water partition coefficient (Wildman–Crippen LogP) is 11.3. The van der Waals surface area contributed by atoms with Crippen molar-refractivity contribution in [3.63, 3.8) is 0 Å². The van der Waals surface area contributed by atoms with Crippen LogP contribution >= 0.6 is 0 Å². The third-order valence-corrected chi connectivity index (χ3v) is 16.6. The van der Waals surface area contributed by atoms with Gasteiger partial charge in [0.1, 0.15) is 0 Å². The molecule has 4 fully saturated rings. The second kappa shape index (κ2) is 14.7. The van der Waals surface area contributed by atoms with Crippen LogP contribution in [-0.4, -0.2) is 8.07 Å². The van der Waals surface area contributed by atoms with Gasteiger partial charge in [-0.2, -0.15) is 0 Å². The van der Waals surface area contributed by atoms with Gasteiger partial charge in [-0.25, -0.2) is 0 Å². The van der Waals surface area contributed by atoms with Gasteiger partial charge >= 0.3 is 0 Å². The second-order valence-corrected chi connectivity index (χ2v) is 18.7. The first-order valence-corrected chi connectivity index (χ1v) is 19.1. The fourth-order valence-corrected chi connectivity index (χ4v) is 14.3. The molecule has 0 saturated heterocycles. The van der Waals surface area contributed by atoms with Crippen LogP contribution in [0.5, 0.6) is 0 Å². The van der Waals surface area contributed by atoms with Crippen LogP contribution in [0.4, 0.5) is 0 Å². The molecule has 0 atom stereocenters. The third kappa shape index (κ3) is 9.31. The van der Waals surface area contributed by atoms with Gasteiger partial charge in [0.2, 0.25) is 0 Å². The smallest absolute Gasteiger partial charge is 0.0536 e. The zero-order chi connectivity index (χ0) is 22.6. The van der Waals surface area contributed by atoms with Crippen molar-refractivity contribution in [1.29, 1.82) is 0 Å². The highest BCUT2D eigenvalue weighted by molar-refractivity contribution is 6.79. The van der Waals surface area contributed by atoms with E-state index in [1.54, 1.807) is 153 Å². The van der Waals surface area contributed by atoms with E-state index in [1.807, 2.05) is 0 Å². The minimum absolute atomic E-state index is 1.12. The van der Waals surface area contributed by atoms with Crippen molar-refractivity contribution in [3.05, 3.63) is 0 Å². The van der Waals surface area contributed by atoms with Crippen molar-refractivity contribution in [2.45, 2.75) is 178 Å². The first kappa shape index (κ1) is 26.3. The molecule has 0 unspecified atom stereocenters. The molecule has 0 nitrogen and oxygen atoms in total. The third-order valence-electron chi connectivity index (χ3n) is 11.2. The maximum absolute atomic E-state index is 1.74. The maximum Gasteiger partial charge on any atom is 0.0536 e. The quantitative estimate of drug-likeness (QED) is 0.248. The Bertz CT molecular complexity index is 395. The second-order valence-electron chi connectivity index (χ2n) is 13.7. The first-order chi connectivity index (χ1) is 16.3. The van der Waals surface area contributed by atoms with Crippen molar-refractivity contribution < 1.29 is 0 Å². The summed E-state index contributed by atoms with van der Waals surface area (Å²) < 4.78 is 0. The van der Waals surface area contributed by atoms with E-state index < -0.39 is 8.07 Å². The topological polar surface area (TPSA) is 0 Å². The van der Waals surface area contributed by atoms with Gasteiger partial charge in [0, 0.05) is 0 Å². The van der Waals surface area contributed by atoms with Gasteiger partial charge in [-0.1, -0.05) is 178 Å². The van der Waals surface area contributed by atoms with E-state index in [2.05, 4.69) is 0 Å². The highest BCUT2D eigenvalue weighted by atomic mass is 28.3. The Morgan fingerprint density at radius 2 is 0.515 bits per heavy atom. The Hall–Kier alpha value is 0.217. The van der Waals surface area contributed by atoms with Gasteiger partial charge in [-0.3, -0.25) is 0 Å². The van der Waals surface area contributed by atoms with Gasteiger partial charge in [-0.05, 0) is 23.7 Å². The van der Waals surface area contributed by atoms with Crippen LogP contribution in [0.3, 0.4) is 0 Å². The van der Waals surface area contributed by atoms with Crippen molar-refractivity contribution in [1.82, 2.24) is 0 Å². The fraction of sp³-hybridized carbons (Fsp3) is 1.00. The Labute approximate surface area is 209 Å². The fourth-order valence-electron chi connectivity index (χ4n) is 8.69. The SMILES string of the molecule is C1CCC(CC[Si](CCC2CCCCC2)(CCC2CCCCC2)CCC2CCCCC2)CC1. The molecule has 4 aliphatic rings. The molecule has 4 saturated carbocycles. The van der Waals surface area contributed by atoms with E-state index in [0.717, 1.165) is 23.7 Å². The molecule has 0 aliphatic heterocycles. The minimum atomic E-state index is -1.13. The lowest BCUT2D eigenvalue weighted by atomic mass is 9.87. The van der Waals surface area contributed by atoms with Crippen LogP contribution in [0, 0.1) is 23.7 Å². The van der Waals surface area contributed by atoms with Crippen molar-refractivity contribution in [2.24, 2.45) is 23.7 Å². The molecule has 33 heavy (non-hydrogen) atoms. The van der Waals surface area contributed by atoms with E-state index in [-0.39, 0.29) is 0 Å². The molecule has 0 radical (unpaired) electrons. The average molecular weight is 473 g/mol. The van der Waals surface area contributed by atoms with E-state index in [9.17, 15) is 0 Å². The maximum atomic E-state index is 1.74. The summed E-state index contributed by atoms with van der Waals surface area (Å²) in [6, 6.07) is 6.96. The van der Waals surface area contributed by atoms with E-state index in [1.165, 1.54) is 25.7 Å². The van der Waals surface area contributed by atoms with Crippen molar-refractivity contribution >= 4 is 8.07 Å². The molecule has 0 aromatic carbocycles. The number of hydrogen-bond acceptors (Lipinski definition) is 0. The number of rotatable bonds is 12. The van der Waals surface area contributed by atoms with Crippen LogP contribution in [0.15, 0.2) is 0 Å². The summed E-state index contributed by atoms with van der Waals surface area (Å²) in [6.45, 7) is 0. The summed E-state index contributed by atoms with van der Waals surface area (Å²) >= 11 is 0. The van der Waals surface area contributed by atoms with Crippen LogP contribution < -0.4 is 0 Å². The molecule has 0 aromatic rings. The summed E-state index contributed by atoms with van der Waals surface area (Å²) in [5.74, 6) is 4.46. The van der Waals surface area contributed by atoms with Crippen molar-refractivity contribution in [3.8, 4) is 0 Å². The average Bonchev–Trinajstić information content (AvgIpc) is 2.90. The normalized spacial score (nSPS) is 25.5. The highest BCUT2D eigenvalue weighted by Crippen LogP contribution is 2.42. The Kier molecular flexibility index (Phi) is 11.7. The van der Waals surface area contributed by atoms with Gasteiger partial charge in [0.05, 0.1) is 8.07 Å². The van der Waals surface area contributed by atoms with Gasteiger partial charge < -0.3 is 0 Å². The molecule has 4 rings (SSSR count). The van der Waals surface area contributed by atoms with Gasteiger partial charge in [0.25, 0.3) is 0 Å². The monoisotopic (exact) mass is 472 g/mol. The van der Waals surface area contributed by atoms with E-state index in [0.29, 0.717) is 0 Å². The standard InChI is InChI=1S/C32H60Si/c1-5-13-29(14-6-1)21-25-33(26-22-30-15-7-2-8-16-30,27-23-31-17-9-3-10-18-31)28-24-32-19-11-4-12-20-32/h29-32H,1-28H2. The summed E-state index contributed by atoms with van der Waals surface area (Å²) in [5.41, 5.74) is 0. The molecule has 192 valence electrons. The van der Waals surface area contributed by atoms with Gasteiger partial charge in [0.15, 0.2) is 0 Å². The molecule has 0 bridgehead atoms. The summed E-state index contributed by atoms with van der Waals surface area (Å²) in [4.78, 5) is 0. The molecule has 0 aromatic heterocycles. The molecule has 0 heterocycles. The first-order valence-electron chi connectivity index (χ1n) is 16.3. The van der Waals surface area contributed by atoms with Crippen LogP contribution in [0.1, 0.15) is 154 Å². The van der Waals surface area contributed by atoms with Crippen LogP contribution in [-0.2, 0) is 0 Å². The van der Waals surface area contributed by atoms with Crippen LogP contribution in [0.25, 0.3) is 0 Å². The van der Waals surface area contributed by atoms with Crippen LogP contribution in [0.2, 0.25) is 24.2 Å². The zero-order valence-electron chi connectivity index (χ0n) is 22.6. The molecule has 0 amide bonds. The largest absolute Gasteiger partial charge is 0.0568 e. The summed E-state index contributed by atoms with van der Waals surface area (Å²) in [5, 5.41) is 0. The Balaban J connectivity index is 1.40. The lowest BCUT2D eigenvalue weighted by molar-refractivity contribution is 0.333. The lowest BCUT2D eigenvalue weighted by Gasteiger charge is -2.38. The zero-order valence-corrected chi connectivity index (χ0v) is 23.6. The lowest BCUT2D eigenvalue weighted by Crippen LogP contribution is -2.37. The number of hydrogen-bond donors (Lipinski definition) is 0. The Morgan fingerprint density at radius 3 is 0.727 bits per heavy atom.